The third-order valence-corrected chi connectivity index (χ3v) is 7.56. The summed E-state index contributed by atoms with van der Waals surface area (Å²) >= 11 is 6.42. The van der Waals surface area contributed by atoms with Gasteiger partial charge < -0.3 is 20.1 Å². The standard InChI is InChI=1S/C27H38ClFN4O2/c1-18(17-34-2)33-21-5-3-19(4-6-21)11-22-12-24(26(29)16-31-22)25-13-23(15-32-27(25)28)30-14-20-7-9-35-10-8-20/h12-13,15-16,18-21,30,33H,3-11,14,17H2,1-2H3/t18-,19?,21?/m0/s1. The summed E-state index contributed by atoms with van der Waals surface area (Å²) in [6.07, 6.45) is 10.5. The van der Waals surface area contributed by atoms with Gasteiger partial charge in [-0.3, -0.25) is 4.98 Å². The number of rotatable bonds is 10. The van der Waals surface area contributed by atoms with Crippen LogP contribution in [0.4, 0.5) is 10.1 Å². The van der Waals surface area contributed by atoms with Gasteiger partial charge in [-0.05, 0) is 75.8 Å². The first-order chi connectivity index (χ1) is 17.0. The first-order valence-electron chi connectivity index (χ1n) is 12.9. The van der Waals surface area contributed by atoms with E-state index >= 15 is 0 Å². The Bertz CT molecular complexity index is 949. The van der Waals surface area contributed by atoms with Gasteiger partial charge in [0.15, 0.2) is 0 Å². The zero-order chi connectivity index (χ0) is 24.6. The molecular weight excluding hydrogens is 467 g/mol. The Hall–Kier alpha value is -1.80. The largest absolute Gasteiger partial charge is 0.384 e. The van der Waals surface area contributed by atoms with Crippen LogP contribution in [0.1, 0.15) is 51.1 Å². The van der Waals surface area contributed by atoms with Gasteiger partial charge in [-0.25, -0.2) is 9.37 Å². The van der Waals surface area contributed by atoms with Crippen LogP contribution in [0.25, 0.3) is 11.1 Å². The van der Waals surface area contributed by atoms with Crippen molar-refractivity contribution in [3.8, 4) is 11.1 Å². The van der Waals surface area contributed by atoms with Gasteiger partial charge in [0.2, 0.25) is 0 Å². The van der Waals surface area contributed by atoms with Crippen LogP contribution in [-0.4, -0.2) is 55.5 Å². The summed E-state index contributed by atoms with van der Waals surface area (Å²) in [6, 6.07) is 4.65. The Morgan fingerprint density at radius 3 is 2.57 bits per heavy atom. The minimum absolute atomic E-state index is 0.300. The van der Waals surface area contributed by atoms with E-state index in [0.717, 1.165) is 82.7 Å². The molecule has 0 bridgehead atoms. The molecule has 0 radical (unpaired) electrons. The summed E-state index contributed by atoms with van der Waals surface area (Å²) in [7, 11) is 1.74. The molecule has 8 heteroatoms. The highest BCUT2D eigenvalue weighted by molar-refractivity contribution is 6.32. The van der Waals surface area contributed by atoms with E-state index in [1.54, 1.807) is 13.3 Å². The van der Waals surface area contributed by atoms with Crippen molar-refractivity contribution < 1.29 is 13.9 Å². The maximum atomic E-state index is 14.9. The van der Waals surface area contributed by atoms with Crippen LogP contribution in [0.5, 0.6) is 0 Å². The van der Waals surface area contributed by atoms with Crippen molar-refractivity contribution in [3.05, 3.63) is 41.2 Å². The maximum Gasteiger partial charge on any atom is 0.149 e. The summed E-state index contributed by atoms with van der Waals surface area (Å²) in [5.41, 5.74) is 2.82. The molecule has 1 saturated carbocycles. The van der Waals surface area contributed by atoms with E-state index < -0.39 is 0 Å². The Balaban J connectivity index is 1.38. The molecule has 0 unspecified atom stereocenters. The summed E-state index contributed by atoms with van der Waals surface area (Å²) in [5.74, 6) is 0.748. The molecular formula is C27H38ClFN4O2. The second kappa shape index (κ2) is 12.9. The van der Waals surface area contributed by atoms with Crippen molar-refractivity contribution in [2.75, 3.05) is 38.8 Å². The lowest BCUT2D eigenvalue weighted by Crippen LogP contribution is -2.41. The van der Waals surface area contributed by atoms with Gasteiger partial charge in [-0.1, -0.05) is 11.6 Å². The lowest BCUT2D eigenvalue weighted by molar-refractivity contribution is 0.0699. The number of pyridine rings is 2. The molecule has 2 aromatic heterocycles. The first-order valence-corrected chi connectivity index (χ1v) is 13.3. The van der Waals surface area contributed by atoms with E-state index in [4.69, 9.17) is 21.1 Å². The fraction of sp³-hybridized carbons (Fsp3) is 0.630. The summed E-state index contributed by atoms with van der Waals surface area (Å²) in [4.78, 5) is 8.73. The molecule has 6 nitrogen and oxygen atoms in total. The van der Waals surface area contributed by atoms with Crippen LogP contribution >= 0.6 is 11.6 Å². The number of ether oxygens (including phenoxy) is 2. The van der Waals surface area contributed by atoms with Gasteiger partial charge in [-0.2, -0.15) is 0 Å². The number of hydrogen-bond acceptors (Lipinski definition) is 6. The minimum Gasteiger partial charge on any atom is -0.384 e. The minimum atomic E-state index is -0.376. The second-order valence-corrected chi connectivity index (χ2v) is 10.5. The second-order valence-electron chi connectivity index (χ2n) is 10.1. The zero-order valence-corrected chi connectivity index (χ0v) is 21.6. The average molecular weight is 505 g/mol. The predicted octanol–water partition coefficient (Wildman–Crippen LogP) is 5.50. The number of hydrogen-bond donors (Lipinski definition) is 2. The van der Waals surface area contributed by atoms with E-state index in [0.29, 0.717) is 40.2 Å². The molecule has 0 amide bonds. The number of nitrogens with zero attached hydrogens (tertiary/aromatic N) is 2. The van der Waals surface area contributed by atoms with Crippen LogP contribution in [0, 0.1) is 17.7 Å². The molecule has 4 rings (SSSR count). The van der Waals surface area contributed by atoms with E-state index in [-0.39, 0.29) is 5.82 Å². The molecule has 0 aromatic carbocycles. The highest BCUT2D eigenvalue weighted by Crippen LogP contribution is 2.33. The fourth-order valence-corrected chi connectivity index (χ4v) is 5.48. The van der Waals surface area contributed by atoms with Crippen molar-refractivity contribution in [3.63, 3.8) is 0 Å². The van der Waals surface area contributed by atoms with Gasteiger partial charge in [0.05, 0.1) is 24.7 Å². The zero-order valence-electron chi connectivity index (χ0n) is 20.9. The fourth-order valence-electron chi connectivity index (χ4n) is 5.28. The van der Waals surface area contributed by atoms with E-state index in [1.165, 1.54) is 6.20 Å². The molecule has 2 aromatic rings. The normalized spacial score (nSPS) is 22.2. The smallest absolute Gasteiger partial charge is 0.149 e. The molecule has 1 aliphatic carbocycles. The Morgan fingerprint density at radius 1 is 1.06 bits per heavy atom. The number of aromatic nitrogens is 2. The topological polar surface area (TPSA) is 68.3 Å². The van der Waals surface area contributed by atoms with Crippen molar-refractivity contribution in [2.45, 2.75) is 64.0 Å². The number of nitrogens with one attached hydrogen (secondary N) is 2. The molecule has 192 valence electrons. The van der Waals surface area contributed by atoms with Crippen molar-refractivity contribution in [1.29, 1.82) is 0 Å². The Kier molecular flexibility index (Phi) is 9.72. The van der Waals surface area contributed by atoms with E-state index in [2.05, 4.69) is 27.5 Å². The van der Waals surface area contributed by atoms with Gasteiger partial charge >= 0.3 is 0 Å². The molecule has 1 aliphatic heterocycles. The van der Waals surface area contributed by atoms with Gasteiger partial charge in [0, 0.05) is 55.8 Å². The predicted molar refractivity (Wildman–Crippen MR) is 138 cm³/mol. The van der Waals surface area contributed by atoms with Crippen LogP contribution in [-0.2, 0) is 15.9 Å². The summed E-state index contributed by atoms with van der Waals surface area (Å²) in [5, 5.41) is 7.41. The van der Waals surface area contributed by atoms with Crippen molar-refractivity contribution >= 4 is 17.3 Å². The van der Waals surface area contributed by atoms with Crippen LogP contribution in [0.15, 0.2) is 24.5 Å². The lowest BCUT2D eigenvalue weighted by atomic mass is 9.83. The third-order valence-electron chi connectivity index (χ3n) is 7.26. The maximum absolute atomic E-state index is 14.9. The van der Waals surface area contributed by atoms with Gasteiger partial charge in [0.25, 0.3) is 0 Å². The first kappa shape index (κ1) is 26.3. The quantitative estimate of drug-likeness (QED) is 0.416. The molecule has 3 heterocycles. The van der Waals surface area contributed by atoms with Crippen LogP contribution in [0.3, 0.4) is 0 Å². The molecule has 2 fully saturated rings. The van der Waals surface area contributed by atoms with Gasteiger partial charge in [-0.15, -0.1) is 0 Å². The average Bonchev–Trinajstić information content (AvgIpc) is 2.87. The number of halogens is 2. The SMILES string of the molecule is COC[C@H](C)NC1CCC(Cc2cc(-c3cc(NCC4CCOCC4)cnc3Cl)c(F)cn2)CC1. The molecule has 1 saturated heterocycles. The summed E-state index contributed by atoms with van der Waals surface area (Å²) < 4.78 is 25.5. The molecule has 2 aliphatic rings. The summed E-state index contributed by atoms with van der Waals surface area (Å²) in [6.45, 7) is 5.36. The van der Waals surface area contributed by atoms with Crippen molar-refractivity contribution in [2.24, 2.45) is 11.8 Å². The molecule has 1 atom stereocenters. The van der Waals surface area contributed by atoms with Crippen LogP contribution in [0.2, 0.25) is 5.15 Å². The monoisotopic (exact) mass is 504 g/mol. The Morgan fingerprint density at radius 2 is 1.83 bits per heavy atom. The number of methoxy groups -OCH3 is 1. The van der Waals surface area contributed by atoms with Crippen molar-refractivity contribution in [1.82, 2.24) is 15.3 Å². The third kappa shape index (κ3) is 7.59. The highest BCUT2D eigenvalue weighted by Gasteiger charge is 2.23. The Labute approximate surface area is 213 Å². The molecule has 0 spiro atoms. The number of anilines is 1. The molecule has 2 N–H and O–H groups in total. The lowest BCUT2D eigenvalue weighted by Gasteiger charge is -2.31. The van der Waals surface area contributed by atoms with Crippen LogP contribution < -0.4 is 10.6 Å². The highest BCUT2D eigenvalue weighted by atomic mass is 35.5. The molecule has 35 heavy (non-hydrogen) atoms. The van der Waals surface area contributed by atoms with Gasteiger partial charge in [0.1, 0.15) is 11.0 Å². The van der Waals surface area contributed by atoms with E-state index in [9.17, 15) is 4.39 Å². The van der Waals surface area contributed by atoms with E-state index in [1.807, 2.05) is 12.1 Å².